The number of nitrogen functional groups attached to an aromatic ring is 1. The molecule has 0 spiro atoms. The van der Waals surface area contributed by atoms with E-state index < -0.39 is 23.7 Å². The molecule has 138 valence electrons. The number of carbonyl (C=O) groups is 2. The molecule has 2 rings (SSSR count). The first-order valence-corrected chi connectivity index (χ1v) is 8.29. The lowest BCUT2D eigenvalue weighted by Crippen LogP contribution is -2.41. The molecular weight excluding hydrogens is 332 g/mol. The van der Waals surface area contributed by atoms with E-state index in [0.717, 1.165) is 5.56 Å². The molecular formula is C20H24N2O4. The average molecular weight is 356 g/mol. The maximum atomic E-state index is 12.8. The van der Waals surface area contributed by atoms with Crippen molar-refractivity contribution >= 4 is 17.7 Å². The van der Waals surface area contributed by atoms with E-state index in [1.165, 1.54) is 4.90 Å². The van der Waals surface area contributed by atoms with Crippen LogP contribution in [0.5, 0.6) is 0 Å². The molecule has 0 radical (unpaired) electrons. The van der Waals surface area contributed by atoms with Crippen molar-refractivity contribution in [2.75, 3.05) is 5.73 Å². The third-order valence-corrected chi connectivity index (χ3v) is 3.62. The second-order valence-electron chi connectivity index (χ2n) is 7.00. The zero-order chi connectivity index (χ0) is 19.3. The fraction of sp³-hybridized carbons (Fsp3) is 0.300. The number of ether oxygens (including phenoxy) is 1. The molecule has 6 nitrogen and oxygen atoms in total. The zero-order valence-corrected chi connectivity index (χ0v) is 15.2. The van der Waals surface area contributed by atoms with Crippen LogP contribution in [0, 0.1) is 0 Å². The van der Waals surface area contributed by atoms with Crippen LogP contribution < -0.4 is 5.73 Å². The van der Waals surface area contributed by atoms with Crippen molar-refractivity contribution in [2.24, 2.45) is 0 Å². The monoisotopic (exact) mass is 356 g/mol. The molecule has 2 aromatic carbocycles. The molecule has 0 heterocycles. The van der Waals surface area contributed by atoms with Gasteiger partial charge in [0.15, 0.2) is 6.04 Å². The summed E-state index contributed by atoms with van der Waals surface area (Å²) in [7, 11) is 0. The van der Waals surface area contributed by atoms with Crippen molar-refractivity contribution in [3.8, 4) is 0 Å². The number of hydrogen-bond donors (Lipinski definition) is 2. The van der Waals surface area contributed by atoms with Gasteiger partial charge < -0.3 is 15.6 Å². The quantitative estimate of drug-likeness (QED) is 0.794. The highest BCUT2D eigenvalue weighted by Crippen LogP contribution is 2.26. The molecule has 1 amide bonds. The van der Waals surface area contributed by atoms with Gasteiger partial charge in [-0.2, -0.15) is 0 Å². The second kappa shape index (κ2) is 7.91. The number of hydrogen-bond acceptors (Lipinski definition) is 4. The second-order valence-corrected chi connectivity index (χ2v) is 7.00. The van der Waals surface area contributed by atoms with E-state index >= 15 is 0 Å². The van der Waals surface area contributed by atoms with Crippen LogP contribution >= 0.6 is 0 Å². The highest BCUT2D eigenvalue weighted by molar-refractivity contribution is 5.81. The predicted octanol–water partition coefficient (Wildman–Crippen LogP) is 3.83. The SMILES string of the molecule is CC(C)(C)OC(=O)N(Cc1ccc(N)cc1)[C@H](C(=O)O)c1ccccc1. The topological polar surface area (TPSA) is 92.9 Å². The lowest BCUT2D eigenvalue weighted by molar-refractivity contribution is -0.143. The number of anilines is 1. The summed E-state index contributed by atoms with van der Waals surface area (Å²) >= 11 is 0. The number of rotatable bonds is 5. The highest BCUT2D eigenvalue weighted by atomic mass is 16.6. The molecule has 0 aliphatic carbocycles. The highest BCUT2D eigenvalue weighted by Gasteiger charge is 2.34. The largest absolute Gasteiger partial charge is 0.479 e. The van der Waals surface area contributed by atoms with Gasteiger partial charge >= 0.3 is 12.1 Å². The molecule has 0 saturated carbocycles. The molecule has 0 aliphatic rings. The van der Waals surface area contributed by atoms with Gasteiger partial charge in [0.2, 0.25) is 0 Å². The minimum atomic E-state index is -1.16. The molecule has 0 aliphatic heterocycles. The molecule has 1 atom stereocenters. The number of carboxylic acids is 1. The maximum Gasteiger partial charge on any atom is 0.411 e. The first-order valence-electron chi connectivity index (χ1n) is 8.29. The van der Waals surface area contributed by atoms with Crippen LogP contribution in [0.1, 0.15) is 37.9 Å². The number of aliphatic carboxylic acids is 1. The first kappa shape index (κ1) is 19.3. The number of carbonyl (C=O) groups excluding carboxylic acids is 1. The van der Waals surface area contributed by atoms with Crippen molar-refractivity contribution in [1.82, 2.24) is 4.90 Å². The van der Waals surface area contributed by atoms with Crippen LogP contribution in [0.15, 0.2) is 54.6 Å². The Morgan fingerprint density at radius 2 is 1.65 bits per heavy atom. The van der Waals surface area contributed by atoms with Crippen LogP contribution in [0.2, 0.25) is 0 Å². The lowest BCUT2D eigenvalue weighted by Gasteiger charge is -2.31. The molecule has 0 bridgehead atoms. The minimum absolute atomic E-state index is 0.0844. The summed E-state index contributed by atoms with van der Waals surface area (Å²) in [5.41, 5.74) is 6.81. The van der Waals surface area contributed by atoms with Gasteiger partial charge in [-0.25, -0.2) is 9.59 Å². The Bertz CT molecular complexity index is 752. The third-order valence-electron chi connectivity index (χ3n) is 3.62. The molecule has 0 unspecified atom stereocenters. The standard InChI is InChI=1S/C20H24N2O4/c1-20(2,3)26-19(25)22(13-14-9-11-16(21)12-10-14)17(18(23)24)15-7-5-4-6-8-15/h4-12,17H,13,21H2,1-3H3,(H,23,24)/t17-/m0/s1. The zero-order valence-electron chi connectivity index (χ0n) is 15.2. The first-order chi connectivity index (χ1) is 12.2. The van der Waals surface area contributed by atoms with Crippen LogP contribution in [0.4, 0.5) is 10.5 Å². The van der Waals surface area contributed by atoms with E-state index in [2.05, 4.69) is 0 Å². The molecule has 0 aromatic heterocycles. The van der Waals surface area contributed by atoms with Crippen LogP contribution in [-0.2, 0) is 16.1 Å². The Labute approximate surface area is 153 Å². The van der Waals surface area contributed by atoms with Gasteiger partial charge in [-0.3, -0.25) is 4.90 Å². The Balaban J connectivity index is 2.41. The normalized spacial score (nSPS) is 12.3. The summed E-state index contributed by atoms with van der Waals surface area (Å²) in [6, 6.07) is 14.4. The van der Waals surface area contributed by atoms with E-state index in [1.54, 1.807) is 75.4 Å². The van der Waals surface area contributed by atoms with Gasteiger partial charge in [0, 0.05) is 5.69 Å². The summed E-state index contributed by atoms with van der Waals surface area (Å²) < 4.78 is 5.45. The molecule has 26 heavy (non-hydrogen) atoms. The van der Waals surface area contributed by atoms with Crippen molar-refractivity contribution in [3.63, 3.8) is 0 Å². The average Bonchev–Trinajstić information content (AvgIpc) is 2.55. The van der Waals surface area contributed by atoms with Crippen molar-refractivity contribution in [1.29, 1.82) is 0 Å². The van der Waals surface area contributed by atoms with Gasteiger partial charge in [-0.15, -0.1) is 0 Å². The summed E-state index contributed by atoms with van der Waals surface area (Å²) in [5.74, 6) is -1.13. The van der Waals surface area contributed by atoms with Gasteiger partial charge in [0.25, 0.3) is 0 Å². The third kappa shape index (κ3) is 5.24. The van der Waals surface area contributed by atoms with Crippen molar-refractivity contribution in [2.45, 2.75) is 39.0 Å². The molecule has 6 heteroatoms. The Kier molecular flexibility index (Phi) is 5.87. The number of nitrogens with zero attached hydrogens (tertiary/aromatic N) is 1. The number of nitrogens with two attached hydrogens (primary N) is 1. The van der Waals surface area contributed by atoms with Crippen LogP contribution in [0.3, 0.4) is 0 Å². The molecule has 3 N–H and O–H groups in total. The maximum absolute atomic E-state index is 12.8. The van der Waals surface area contributed by atoms with Crippen LogP contribution in [-0.4, -0.2) is 27.7 Å². The summed E-state index contributed by atoms with van der Waals surface area (Å²) in [6.45, 7) is 5.31. The number of carboxylic acid groups (broad SMARTS) is 1. The molecule has 0 saturated heterocycles. The van der Waals surface area contributed by atoms with Crippen molar-refractivity contribution < 1.29 is 19.4 Å². The fourth-order valence-corrected chi connectivity index (χ4v) is 2.49. The van der Waals surface area contributed by atoms with E-state index in [0.29, 0.717) is 11.3 Å². The van der Waals surface area contributed by atoms with Gasteiger partial charge in [0.1, 0.15) is 5.60 Å². The minimum Gasteiger partial charge on any atom is -0.479 e. The Morgan fingerprint density at radius 3 is 2.15 bits per heavy atom. The predicted molar refractivity (Wildman–Crippen MR) is 99.5 cm³/mol. The number of benzene rings is 2. The van der Waals surface area contributed by atoms with Gasteiger partial charge in [0.05, 0.1) is 6.54 Å². The Morgan fingerprint density at radius 1 is 1.08 bits per heavy atom. The van der Waals surface area contributed by atoms with E-state index in [1.807, 2.05) is 0 Å². The molecule has 0 fully saturated rings. The van der Waals surface area contributed by atoms with Gasteiger partial charge in [-0.1, -0.05) is 42.5 Å². The summed E-state index contributed by atoms with van der Waals surface area (Å²) in [4.78, 5) is 26.0. The van der Waals surface area contributed by atoms with E-state index in [-0.39, 0.29) is 6.54 Å². The smallest absolute Gasteiger partial charge is 0.411 e. The van der Waals surface area contributed by atoms with Crippen molar-refractivity contribution in [3.05, 3.63) is 65.7 Å². The lowest BCUT2D eigenvalue weighted by atomic mass is 10.0. The molecule has 2 aromatic rings. The van der Waals surface area contributed by atoms with E-state index in [9.17, 15) is 14.7 Å². The fourth-order valence-electron chi connectivity index (χ4n) is 2.49. The van der Waals surface area contributed by atoms with Crippen LogP contribution in [0.25, 0.3) is 0 Å². The summed E-state index contributed by atoms with van der Waals surface area (Å²) in [5, 5.41) is 9.80. The van der Waals surface area contributed by atoms with E-state index in [4.69, 9.17) is 10.5 Å². The van der Waals surface area contributed by atoms with Gasteiger partial charge in [-0.05, 0) is 44.0 Å². The summed E-state index contributed by atoms with van der Waals surface area (Å²) in [6.07, 6.45) is -0.689. The number of amides is 1. The Hall–Kier alpha value is -3.02.